The summed E-state index contributed by atoms with van der Waals surface area (Å²) in [4.78, 5) is 12.2. The van der Waals surface area contributed by atoms with Crippen LogP contribution in [0.1, 0.15) is 23.0 Å². The molecule has 1 aromatic heterocycles. The molecule has 0 amide bonds. The van der Waals surface area contributed by atoms with E-state index in [-0.39, 0.29) is 40.1 Å². The van der Waals surface area contributed by atoms with Gasteiger partial charge in [0.2, 0.25) is 0 Å². The van der Waals surface area contributed by atoms with E-state index in [1.165, 1.54) is 18.2 Å². The number of carbonyl (C=O) groups excluding carboxylic acids is 1. The molecule has 0 saturated heterocycles. The first-order chi connectivity index (χ1) is 12.6. The van der Waals surface area contributed by atoms with Crippen LogP contribution in [0.5, 0.6) is 0 Å². The van der Waals surface area contributed by atoms with Crippen molar-refractivity contribution in [3.8, 4) is 11.1 Å². The lowest BCUT2D eigenvalue weighted by atomic mass is 10.1. The molecule has 0 saturated carbocycles. The molecule has 10 heteroatoms. The Balaban J connectivity index is 2.43. The molecule has 0 aliphatic rings. The van der Waals surface area contributed by atoms with E-state index in [2.05, 4.69) is 0 Å². The van der Waals surface area contributed by atoms with Crippen LogP contribution >= 0.6 is 34.8 Å². The number of hydrogen-bond donors (Lipinski definition) is 0. The van der Waals surface area contributed by atoms with Crippen LogP contribution in [0.2, 0.25) is 15.2 Å². The highest BCUT2D eigenvalue weighted by atomic mass is 35.5. The van der Waals surface area contributed by atoms with Gasteiger partial charge in [0.05, 0.1) is 22.2 Å². The number of esters is 1. The predicted octanol–water partition coefficient (Wildman–Crippen LogP) is 5.86. The van der Waals surface area contributed by atoms with E-state index < -0.39 is 22.9 Å². The van der Waals surface area contributed by atoms with Gasteiger partial charge in [-0.3, -0.25) is 0 Å². The minimum Gasteiger partial charge on any atom is -0.460 e. The van der Waals surface area contributed by atoms with Gasteiger partial charge in [0.25, 0.3) is 0 Å². The van der Waals surface area contributed by atoms with Crippen molar-refractivity contribution < 1.29 is 27.4 Å². The van der Waals surface area contributed by atoms with Crippen molar-refractivity contribution in [3.05, 3.63) is 44.7 Å². The third-order valence-electron chi connectivity index (χ3n) is 3.67. The van der Waals surface area contributed by atoms with E-state index in [0.717, 1.165) is 11.6 Å². The molecule has 0 N–H and O–H groups in total. The van der Waals surface area contributed by atoms with Gasteiger partial charge in [0, 0.05) is 19.2 Å². The molecular weight excluding hydrogens is 430 g/mol. The Morgan fingerprint density at radius 3 is 2.41 bits per heavy atom. The fourth-order valence-corrected chi connectivity index (χ4v) is 3.40. The Bertz CT molecular complexity index is 850. The van der Waals surface area contributed by atoms with Crippen molar-refractivity contribution >= 4 is 40.8 Å². The fourth-order valence-electron chi connectivity index (χ4n) is 2.44. The Labute approximate surface area is 168 Å². The van der Waals surface area contributed by atoms with E-state index in [0.29, 0.717) is 6.61 Å². The highest BCUT2D eigenvalue weighted by Gasteiger charge is 2.39. The van der Waals surface area contributed by atoms with Crippen molar-refractivity contribution in [1.29, 1.82) is 0 Å². The van der Waals surface area contributed by atoms with E-state index >= 15 is 0 Å². The van der Waals surface area contributed by atoms with Gasteiger partial charge >= 0.3 is 12.1 Å². The molecule has 1 heterocycles. The van der Waals surface area contributed by atoms with Gasteiger partial charge in [0.15, 0.2) is 0 Å². The van der Waals surface area contributed by atoms with Crippen LogP contribution < -0.4 is 0 Å². The number of carbonyl (C=O) groups is 1. The first kappa shape index (κ1) is 21.9. The molecule has 0 fully saturated rings. The van der Waals surface area contributed by atoms with E-state index in [4.69, 9.17) is 44.3 Å². The van der Waals surface area contributed by atoms with Crippen LogP contribution in [0.4, 0.5) is 13.2 Å². The number of aromatic nitrogens is 1. The van der Waals surface area contributed by atoms with Gasteiger partial charge in [-0.05, 0) is 24.6 Å². The van der Waals surface area contributed by atoms with Gasteiger partial charge in [-0.1, -0.05) is 40.9 Å². The zero-order valence-electron chi connectivity index (χ0n) is 14.3. The normalized spacial score (nSPS) is 11.7. The summed E-state index contributed by atoms with van der Waals surface area (Å²) in [5, 5.41) is -0.697. The molecule has 0 unspecified atom stereocenters. The minimum absolute atomic E-state index is 0.0122. The first-order valence-electron chi connectivity index (χ1n) is 7.75. The lowest BCUT2D eigenvalue weighted by Gasteiger charge is -2.09. The van der Waals surface area contributed by atoms with Crippen LogP contribution in [-0.2, 0) is 22.7 Å². The smallest absolute Gasteiger partial charge is 0.432 e. The van der Waals surface area contributed by atoms with Crippen LogP contribution in [0, 0.1) is 0 Å². The van der Waals surface area contributed by atoms with Gasteiger partial charge in [-0.2, -0.15) is 13.2 Å². The van der Waals surface area contributed by atoms with E-state index in [1.807, 2.05) is 0 Å². The van der Waals surface area contributed by atoms with Crippen molar-refractivity contribution in [2.45, 2.75) is 13.1 Å². The van der Waals surface area contributed by atoms with Crippen molar-refractivity contribution in [2.24, 2.45) is 7.05 Å². The summed E-state index contributed by atoms with van der Waals surface area (Å²) in [6.45, 7) is 2.49. The quantitative estimate of drug-likeness (QED) is 0.414. The lowest BCUT2D eigenvalue weighted by molar-refractivity contribution is -0.142. The number of hydrogen-bond acceptors (Lipinski definition) is 3. The summed E-state index contributed by atoms with van der Waals surface area (Å²) < 4.78 is 50.5. The SMILES string of the molecule is CCOCCOC(=O)c1cc(-c2c(Cl)c(C(F)(F)F)n(C)c2Cl)ccc1Cl. The van der Waals surface area contributed by atoms with Gasteiger partial charge < -0.3 is 14.0 Å². The van der Waals surface area contributed by atoms with Crippen LogP contribution in [-0.4, -0.2) is 30.4 Å². The highest BCUT2D eigenvalue weighted by Crippen LogP contribution is 2.45. The number of nitrogens with zero attached hydrogens (tertiary/aromatic N) is 1. The van der Waals surface area contributed by atoms with Gasteiger partial charge in [-0.25, -0.2) is 4.79 Å². The number of benzene rings is 1. The average molecular weight is 445 g/mol. The molecule has 27 heavy (non-hydrogen) atoms. The number of rotatable bonds is 6. The molecule has 4 nitrogen and oxygen atoms in total. The molecule has 0 spiro atoms. The Morgan fingerprint density at radius 2 is 1.85 bits per heavy atom. The summed E-state index contributed by atoms with van der Waals surface area (Å²) in [5.41, 5.74) is -0.944. The number of halogens is 6. The molecule has 0 aliphatic heterocycles. The highest BCUT2D eigenvalue weighted by molar-refractivity contribution is 6.40. The molecule has 0 radical (unpaired) electrons. The summed E-state index contributed by atoms with van der Waals surface area (Å²) in [6.07, 6.45) is -4.69. The second-order valence-corrected chi connectivity index (χ2v) is 6.56. The zero-order chi connectivity index (χ0) is 20.4. The van der Waals surface area contributed by atoms with Crippen LogP contribution in [0.15, 0.2) is 18.2 Å². The third kappa shape index (κ3) is 4.71. The Kier molecular flexibility index (Phi) is 7.08. The topological polar surface area (TPSA) is 40.5 Å². The Hall–Kier alpha value is -1.41. The van der Waals surface area contributed by atoms with Crippen LogP contribution in [0.25, 0.3) is 11.1 Å². The van der Waals surface area contributed by atoms with Crippen molar-refractivity contribution in [1.82, 2.24) is 4.57 Å². The Morgan fingerprint density at radius 1 is 1.19 bits per heavy atom. The molecule has 0 atom stereocenters. The second-order valence-electron chi connectivity index (χ2n) is 5.41. The summed E-state index contributed by atoms with van der Waals surface area (Å²) in [7, 11) is 1.15. The zero-order valence-corrected chi connectivity index (χ0v) is 16.6. The lowest BCUT2D eigenvalue weighted by Crippen LogP contribution is -2.11. The maximum atomic E-state index is 13.2. The molecule has 2 rings (SSSR count). The number of alkyl halides is 3. The molecule has 0 aliphatic carbocycles. The van der Waals surface area contributed by atoms with Crippen molar-refractivity contribution in [3.63, 3.8) is 0 Å². The maximum absolute atomic E-state index is 13.2. The van der Waals surface area contributed by atoms with Crippen molar-refractivity contribution in [2.75, 3.05) is 19.8 Å². The summed E-state index contributed by atoms with van der Waals surface area (Å²) >= 11 is 18.0. The van der Waals surface area contributed by atoms with E-state index in [9.17, 15) is 18.0 Å². The standard InChI is InChI=1S/C17H15Cl3F3NO3/c1-3-26-6-7-27-16(25)10-8-9(4-5-11(10)18)12-13(19)14(17(21,22)23)24(2)15(12)20/h4-5,8H,3,6-7H2,1-2H3. The molecule has 2 aromatic rings. The maximum Gasteiger partial charge on any atom is 0.432 e. The van der Waals surface area contributed by atoms with Gasteiger partial charge in [-0.15, -0.1) is 0 Å². The third-order valence-corrected chi connectivity index (χ3v) is 4.81. The number of ether oxygens (including phenoxy) is 2. The second kappa shape index (κ2) is 8.73. The molecule has 0 bridgehead atoms. The fraction of sp³-hybridized carbons (Fsp3) is 0.353. The van der Waals surface area contributed by atoms with E-state index in [1.54, 1.807) is 6.92 Å². The monoisotopic (exact) mass is 443 g/mol. The first-order valence-corrected chi connectivity index (χ1v) is 8.88. The molecular formula is C17H15Cl3F3NO3. The molecule has 1 aromatic carbocycles. The molecule has 148 valence electrons. The van der Waals surface area contributed by atoms with Crippen LogP contribution in [0.3, 0.4) is 0 Å². The summed E-state index contributed by atoms with van der Waals surface area (Å²) in [6, 6.07) is 4.08. The minimum atomic E-state index is -4.69. The van der Waals surface area contributed by atoms with Gasteiger partial charge in [0.1, 0.15) is 17.5 Å². The predicted molar refractivity (Wildman–Crippen MR) is 97.7 cm³/mol. The average Bonchev–Trinajstić information content (AvgIpc) is 2.81. The largest absolute Gasteiger partial charge is 0.460 e. The summed E-state index contributed by atoms with van der Waals surface area (Å²) in [5.74, 6) is -0.735.